The molecule has 4 aliphatic rings. The Kier molecular flexibility index (Phi) is 2.19. The summed E-state index contributed by atoms with van der Waals surface area (Å²) in [6, 6.07) is 0. The molecule has 4 rings (SSSR count). The lowest BCUT2D eigenvalue weighted by molar-refractivity contribution is -0.173. The molecule has 0 aromatic heterocycles. The standard InChI is InChI=1S/C16H20O4/c1-9-11-10(6-14(2)7-19-8-20-13(11)14)12(17)15(3,18)16(9)4-5-16/h6,13,18H,4-5,7-8H2,1-3H3/t13-,14-,15-/m0/s1. The molecule has 1 heterocycles. The number of rotatable bonds is 0. The molecule has 3 atom stereocenters. The number of hydrogen-bond acceptors (Lipinski definition) is 4. The molecule has 4 nitrogen and oxygen atoms in total. The fourth-order valence-electron chi connectivity index (χ4n) is 4.40. The van der Waals surface area contributed by atoms with Crippen molar-refractivity contribution < 1.29 is 19.4 Å². The van der Waals surface area contributed by atoms with Crippen molar-refractivity contribution >= 4 is 5.78 Å². The van der Waals surface area contributed by atoms with Gasteiger partial charge in [-0.25, -0.2) is 0 Å². The van der Waals surface area contributed by atoms with Crippen LogP contribution in [0, 0.1) is 10.8 Å². The number of ketones is 1. The van der Waals surface area contributed by atoms with Crippen molar-refractivity contribution in [1.29, 1.82) is 0 Å². The topological polar surface area (TPSA) is 55.8 Å². The molecule has 20 heavy (non-hydrogen) atoms. The van der Waals surface area contributed by atoms with Crippen molar-refractivity contribution in [2.24, 2.45) is 10.8 Å². The number of carbonyl (C=O) groups excluding carboxylic acids is 1. The first kappa shape index (κ1) is 12.7. The molecule has 4 heteroatoms. The van der Waals surface area contributed by atoms with Crippen LogP contribution in [0.3, 0.4) is 0 Å². The van der Waals surface area contributed by atoms with Gasteiger partial charge in [-0.15, -0.1) is 0 Å². The number of hydrogen-bond donors (Lipinski definition) is 1. The maximum Gasteiger partial charge on any atom is 0.195 e. The summed E-state index contributed by atoms with van der Waals surface area (Å²) in [5.74, 6) is -0.144. The van der Waals surface area contributed by atoms with Gasteiger partial charge >= 0.3 is 0 Å². The van der Waals surface area contributed by atoms with Gasteiger partial charge in [-0.1, -0.05) is 18.6 Å². The second-order valence-corrected chi connectivity index (χ2v) is 7.10. The van der Waals surface area contributed by atoms with E-state index in [1.54, 1.807) is 6.92 Å². The molecule has 0 radical (unpaired) electrons. The van der Waals surface area contributed by atoms with Crippen molar-refractivity contribution in [1.82, 2.24) is 0 Å². The highest BCUT2D eigenvalue weighted by Gasteiger charge is 2.67. The normalized spacial score (nSPS) is 45.3. The highest BCUT2D eigenvalue weighted by atomic mass is 16.7. The van der Waals surface area contributed by atoms with Gasteiger partial charge in [0.2, 0.25) is 0 Å². The van der Waals surface area contributed by atoms with Crippen LogP contribution < -0.4 is 0 Å². The van der Waals surface area contributed by atoms with Crippen LogP contribution in [0.5, 0.6) is 0 Å². The largest absolute Gasteiger partial charge is 0.381 e. The first-order valence-corrected chi connectivity index (χ1v) is 7.24. The average molecular weight is 276 g/mol. The molecule has 1 saturated carbocycles. The second kappa shape index (κ2) is 3.43. The molecule has 3 aliphatic carbocycles. The fourth-order valence-corrected chi connectivity index (χ4v) is 4.40. The van der Waals surface area contributed by atoms with Gasteiger partial charge in [-0.05, 0) is 32.3 Å². The van der Waals surface area contributed by atoms with E-state index >= 15 is 0 Å². The predicted octanol–water partition coefficient (Wildman–Crippen LogP) is 1.74. The SMILES string of the molecule is CC1=C2C(=C[C@@]3(C)COCO[C@@H]23)C(=O)[C@](C)(O)C12CC2. The van der Waals surface area contributed by atoms with Crippen LogP contribution in [-0.4, -0.2) is 36.0 Å². The molecule has 0 aromatic carbocycles. The van der Waals surface area contributed by atoms with Gasteiger partial charge in [-0.2, -0.15) is 0 Å². The zero-order valence-electron chi connectivity index (χ0n) is 12.2. The number of Topliss-reactive ketones (excluding diaryl/α,β-unsaturated/α-hetero) is 1. The smallest absolute Gasteiger partial charge is 0.195 e. The summed E-state index contributed by atoms with van der Waals surface area (Å²) in [6.45, 7) is 6.62. The first-order valence-electron chi connectivity index (χ1n) is 7.24. The van der Waals surface area contributed by atoms with Crippen molar-refractivity contribution in [3.8, 4) is 0 Å². The molecule has 1 saturated heterocycles. The van der Waals surface area contributed by atoms with E-state index in [0.29, 0.717) is 12.2 Å². The van der Waals surface area contributed by atoms with Crippen LogP contribution in [0.2, 0.25) is 0 Å². The van der Waals surface area contributed by atoms with E-state index in [1.807, 2.05) is 6.08 Å². The monoisotopic (exact) mass is 276 g/mol. The summed E-state index contributed by atoms with van der Waals surface area (Å²) in [5, 5.41) is 10.8. The van der Waals surface area contributed by atoms with Crippen molar-refractivity contribution in [2.45, 2.75) is 45.3 Å². The molecule has 1 aliphatic heterocycles. The van der Waals surface area contributed by atoms with Gasteiger partial charge in [-0.3, -0.25) is 4.79 Å². The lowest BCUT2D eigenvalue weighted by atomic mass is 9.67. The highest BCUT2D eigenvalue weighted by Crippen LogP contribution is 2.66. The zero-order chi connectivity index (χ0) is 14.3. The van der Waals surface area contributed by atoms with Gasteiger partial charge in [0.15, 0.2) is 5.78 Å². The molecule has 1 spiro atoms. The number of ether oxygens (including phenoxy) is 2. The summed E-state index contributed by atoms with van der Waals surface area (Å²) in [6.07, 6.45) is 3.62. The predicted molar refractivity (Wildman–Crippen MR) is 71.9 cm³/mol. The summed E-state index contributed by atoms with van der Waals surface area (Å²) in [5.41, 5.74) is 0.883. The maximum absolute atomic E-state index is 12.8. The maximum atomic E-state index is 12.8. The summed E-state index contributed by atoms with van der Waals surface area (Å²) in [7, 11) is 0. The molecule has 108 valence electrons. The van der Waals surface area contributed by atoms with Crippen molar-refractivity contribution in [2.75, 3.05) is 13.4 Å². The van der Waals surface area contributed by atoms with Crippen molar-refractivity contribution in [3.05, 3.63) is 22.8 Å². The number of fused-ring (bicyclic) bond motifs is 3. The van der Waals surface area contributed by atoms with Gasteiger partial charge in [0.1, 0.15) is 12.4 Å². The van der Waals surface area contributed by atoms with Crippen LogP contribution in [0.25, 0.3) is 0 Å². The Morgan fingerprint density at radius 2 is 2.05 bits per heavy atom. The molecule has 2 fully saturated rings. The van der Waals surface area contributed by atoms with E-state index in [2.05, 4.69) is 13.8 Å². The molecule has 1 N–H and O–H groups in total. The third-order valence-corrected chi connectivity index (χ3v) is 5.85. The lowest BCUT2D eigenvalue weighted by Gasteiger charge is -2.41. The minimum atomic E-state index is -1.28. The van der Waals surface area contributed by atoms with Crippen LogP contribution in [0.4, 0.5) is 0 Å². The summed E-state index contributed by atoms with van der Waals surface area (Å²) < 4.78 is 11.2. The third kappa shape index (κ3) is 1.21. The molecule has 0 aromatic rings. The van der Waals surface area contributed by atoms with Crippen LogP contribution in [-0.2, 0) is 14.3 Å². The molecule has 0 amide bonds. The quantitative estimate of drug-likeness (QED) is 0.732. The minimum absolute atomic E-state index is 0.108. The minimum Gasteiger partial charge on any atom is -0.381 e. The summed E-state index contributed by atoms with van der Waals surface area (Å²) >= 11 is 0. The Balaban J connectivity index is 1.95. The Bertz CT molecular complexity index is 579. The van der Waals surface area contributed by atoms with Gasteiger partial charge in [0, 0.05) is 16.4 Å². The Morgan fingerprint density at radius 1 is 1.35 bits per heavy atom. The number of carbonyl (C=O) groups is 1. The van der Waals surface area contributed by atoms with E-state index in [1.165, 1.54) is 0 Å². The fraction of sp³-hybridized carbons (Fsp3) is 0.688. The Morgan fingerprint density at radius 3 is 2.70 bits per heavy atom. The van der Waals surface area contributed by atoms with Gasteiger partial charge < -0.3 is 14.6 Å². The van der Waals surface area contributed by atoms with E-state index in [0.717, 1.165) is 24.0 Å². The van der Waals surface area contributed by atoms with E-state index in [9.17, 15) is 9.90 Å². The highest BCUT2D eigenvalue weighted by molar-refractivity contribution is 6.09. The van der Waals surface area contributed by atoms with E-state index < -0.39 is 5.60 Å². The Labute approximate surface area is 118 Å². The zero-order valence-corrected chi connectivity index (χ0v) is 12.2. The summed E-state index contributed by atoms with van der Waals surface area (Å²) in [4.78, 5) is 12.8. The molecule has 0 unspecified atom stereocenters. The molecular weight excluding hydrogens is 256 g/mol. The van der Waals surface area contributed by atoms with Gasteiger partial charge in [0.25, 0.3) is 0 Å². The van der Waals surface area contributed by atoms with Crippen LogP contribution >= 0.6 is 0 Å². The second-order valence-electron chi connectivity index (χ2n) is 7.10. The third-order valence-electron chi connectivity index (χ3n) is 5.85. The van der Waals surface area contributed by atoms with E-state index in [-0.39, 0.29) is 29.5 Å². The molecule has 0 bridgehead atoms. The van der Waals surface area contributed by atoms with Crippen LogP contribution in [0.1, 0.15) is 33.6 Å². The van der Waals surface area contributed by atoms with Crippen LogP contribution in [0.15, 0.2) is 22.8 Å². The van der Waals surface area contributed by atoms with Gasteiger partial charge in [0.05, 0.1) is 12.7 Å². The first-order chi connectivity index (χ1) is 9.33. The Hall–Kier alpha value is -0.970. The van der Waals surface area contributed by atoms with Crippen molar-refractivity contribution in [3.63, 3.8) is 0 Å². The average Bonchev–Trinajstić information content (AvgIpc) is 3.14. The van der Waals surface area contributed by atoms with E-state index in [4.69, 9.17) is 9.47 Å². The molecular formula is C16H20O4. The number of aliphatic hydroxyl groups is 1. The lowest BCUT2D eigenvalue weighted by Crippen LogP contribution is -2.50.